The van der Waals surface area contributed by atoms with E-state index in [1.165, 1.54) is 0 Å². The lowest BCUT2D eigenvalue weighted by Gasteiger charge is -2.29. The van der Waals surface area contributed by atoms with Crippen molar-refractivity contribution in [1.82, 2.24) is 15.3 Å². The minimum absolute atomic E-state index is 0.108. The van der Waals surface area contributed by atoms with Gasteiger partial charge in [0.05, 0.1) is 11.8 Å². The van der Waals surface area contributed by atoms with Gasteiger partial charge >= 0.3 is 0 Å². The number of carbonyl (C=O) groups excluding carboxylic acids is 1. The normalized spacial score (nSPS) is 19.3. The zero-order valence-corrected chi connectivity index (χ0v) is 15.6. The first-order valence-electron chi connectivity index (χ1n) is 9.34. The Bertz CT molecular complexity index is 760. The maximum atomic E-state index is 12.6. The number of rotatable bonds is 7. The standard InChI is InChI=1S/C20H26N4O3/c1-14-17(4-2-11-22-14)27-16-8-6-15(7-9-16)24-20(25)19-18(26-13-10-21)5-3-12-23-19/h2-5,11-12,15-16H,6-10,13,21H2,1H3,(H,24,25). The van der Waals surface area contributed by atoms with Gasteiger partial charge in [-0.2, -0.15) is 0 Å². The van der Waals surface area contributed by atoms with Gasteiger partial charge in [-0.15, -0.1) is 0 Å². The summed E-state index contributed by atoms with van der Waals surface area (Å²) in [7, 11) is 0. The molecule has 3 N–H and O–H groups in total. The SMILES string of the molecule is Cc1ncccc1OC1CCC(NC(=O)c2ncccc2OCCN)CC1. The number of ether oxygens (including phenoxy) is 2. The number of nitrogens with two attached hydrogens (primary N) is 1. The van der Waals surface area contributed by atoms with Crippen molar-refractivity contribution in [3.63, 3.8) is 0 Å². The Balaban J connectivity index is 1.52. The summed E-state index contributed by atoms with van der Waals surface area (Å²) in [6.45, 7) is 2.68. The third-order valence-corrected chi connectivity index (χ3v) is 4.62. The quantitative estimate of drug-likeness (QED) is 0.775. The molecule has 0 spiro atoms. The zero-order valence-electron chi connectivity index (χ0n) is 15.6. The van der Waals surface area contributed by atoms with Gasteiger partial charge in [-0.25, -0.2) is 4.98 Å². The highest BCUT2D eigenvalue weighted by atomic mass is 16.5. The number of pyridine rings is 2. The second kappa shape index (κ2) is 9.32. The smallest absolute Gasteiger partial charge is 0.273 e. The van der Waals surface area contributed by atoms with Crippen LogP contribution >= 0.6 is 0 Å². The summed E-state index contributed by atoms with van der Waals surface area (Å²) in [5.41, 5.74) is 6.67. The first kappa shape index (κ1) is 19.1. The maximum Gasteiger partial charge on any atom is 0.273 e. The van der Waals surface area contributed by atoms with Crippen molar-refractivity contribution in [3.8, 4) is 11.5 Å². The van der Waals surface area contributed by atoms with E-state index in [9.17, 15) is 4.79 Å². The van der Waals surface area contributed by atoms with Crippen molar-refractivity contribution >= 4 is 5.91 Å². The van der Waals surface area contributed by atoms with Crippen molar-refractivity contribution in [3.05, 3.63) is 48.0 Å². The molecule has 1 saturated carbocycles. The molecule has 0 aromatic carbocycles. The van der Waals surface area contributed by atoms with Gasteiger partial charge in [0.2, 0.25) is 0 Å². The summed E-state index contributed by atoms with van der Waals surface area (Å²) in [4.78, 5) is 21.0. The van der Waals surface area contributed by atoms with Crippen LogP contribution in [-0.2, 0) is 0 Å². The summed E-state index contributed by atoms with van der Waals surface area (Å²) in [6.07, 6.45) is 7.00. The van der Waals surface area contributed by atoms with E-state index in [1.54, 1.807) is 24.5 Å². The van der Waals surface area contributed by atoms with E-state index in [0.717, 1.165) is 37.1 Å². The molecule has 0 aliphatic heterocycles. The highest BCUT2D eigenvalue weighted by Gasteiger charge is 2.25. The summed E-state index contributed by atoms with van der Waals surface area (Å²) < 4.78 is 11.6. The van der Waals surface area contributed by atoms with Gasteiger partial charge in [0.1, 0.15) is 12.4 Å². The Kier molecular flexibility index (Phi) is 6.59. The molecule has 7 heteroatoms. The largest absolute Gasteiger partial charge is 0.490 e. The van der Waals surface area contributed by atoms with Gasteiger partial charge in [0, 0.05) is 25.0 Å². The lowest BCUT2D eigenvalue weighted by Crippen LogP contribution is -2.40. The molecule has 0 radical (unpaired) electrons. The van der Waals surface area contributed by atoms with E-state index in [-0.39, 0.29) is 18.1 Å². The Hall–Kier alpha value is -2.67. The highest BCUT2D eigenvalue weighted by molar-refractivity contribution is 5.95. The Morgan fingerprint density at radius 3 is 2.56 bits per heavy atom. The molecule has 27 heavy (non-hydrogen) atoms. The van der Waals surface area contributed by atoms with Crippen molar-refractivity contribution in [1.29, 1.82) is 0 Å². The molecule has 1 amide bonds. The number of hydrogen-bond donors (Lipinski definition) is 2. The fourth-order valence-corrected chi connectivity index (χ4v) is 3.20. The van der Waals surface area contributed by atoms with Crippen LogP contribution in [0.2, 0.25) is 0 Å². The molecular weight excluding hydrogens is 344 g/mol. The van der Waals surface area contributed by atoms with Crippen LogP contribution in [0.15, 0.2) is 36.7 Å². The highest BCUT2D eigenvalue weighted by Crippen LogP contribution is 2.25. The van der Waals surface area contributed by atoms with E-state index < -0.39 is 0 Å². The predicted molar refractivity (Wildman–Crippen MR) is 102 cm³/mol. The summed E-state index contributed by atoms with van der Waals surface area (Å²) in [5, 5.41) is 3.07. The van der Waals surface area contributed by atoms with E-state index in [0.29, 0.717) is 24.6 Å². The fraction of sp³-hybridized carbons (Fsp3) is 0.450. The molecule has 1 aliphatic rings. The van der Waals surface area contributed by atoms with E-state index in [1.807, 2.05) is 19.1 Å². The van der Waals surface area contributed by atoms with Gasteiger partial charge < -0.3 is 20.5 Å². The average Bonchev–Trinajstić information content (AvgIpc) is 2.70. The Labute approximate surface area is 159 Å². The summed E-state index contributed by atoms with van der Waals surface area (Å²) >= 11 is 0. The lowest BCUT2D eigenvalue weighted by atomic mass is 9.92. The predicted octanol–water partition coefficient (Wildman–Crippen LogP) is 2.24. The van der Waals surface area contributed by atoms with Crippen molar-refractivity contribution < 1.29 is 14.3 Å². The third kappa shape index (κ3) is 5.17. The van der Waals surface area contributed by atoms with Crippen LogP contribution in [0, 0.1) is 6.92 Å². The number of aromatic nitrogens is 2. The molecule has 0 saturated heterocycles. The van der Waals surface area contributed by atoms with Crippen LogP contribution in [0.25, 0.3) is 0 Å². The Morgan fingerprint density at radius 2 is 1.85 bits per heavy atom. The van der Waals surface area contributed by atoms with Gasteiger partial charge in [0.15, 0.2) is 11.4 Å². The van der Waals surface area contributed by atoms with Crippen molar-refractivity contribution in [2.75, 3.05) is 13.2 Å². The van der Waals surface area contributed by atoms with Crippen LogP contribution < -0.4 is 20.5 Å². The van der Waals surface area contributed by atoms with E-state index in [4.69, 9.17) is 15.2 Å². The molecule has 2 heterocycles. The van der Waals surface area contributed by atoms with Gasteiger partial charge in [-0.3, -0.25) is 9.78 Å². The number of nitrogens with one attached hydrogen (secondary N) is 1. The minimum Gasteiger partial charge on any atom is -0.490 e. The molecule has 0 unspecified atom stereocenters. The molecule has 2 aromatic heterocycles. The van der Waals surface area contributed by atoms with E-state index >= 15 is 0 Å². The molecule has 1 aliphatic carbocycles. The first-order valence-corrected chi connectivity index (χ1v) is 9.34. The summed E-state index contributed by atoms with van der Waals surface area (Å²) in [5.74, 6) is 1.08. The second-order valence-corrected chi connectivity index (χ2v) is 6.64. The van der Waals surface area contributed by atoms with Crippen LogP contribution in [0.4, 0.5) is 0 Å². The summed E-state index contributed by atoms with van der Waals surface area (Å²) in [6, 6.07) is 7.41. The van der Waals surface area contributed by atoms with Crippen molar-refractivity contribution in [2.24, 2.45) is 5.73 Å². The number of amides is 1. The number of carbonyl (C=O) groups is 1. The third-order valence-electron chi connectivity index (χ3n) is 4.62. The zero-order chi connectivity index (χ0) is 19.1. The van der Waals surface area contributed by atoms with Crippen LogP contribution in [0.5, 0.6) is 11.5 Å². The average molecular weight is 370 g/mol. The first-order chi connectivity index (χ1) is 13.2. The molecule has 144 valence electrons. The molecule has 1 fully saturated rings. The number of nitrogens with zero attached hydrogens (tertiary/aromatic N) is 2. The molecule has 0 atom stereocenters. The fourth-order valence-electron chi connectivity index (χ4n) is 3.20. The lowest BCUT2D eigenvalue weighted by molar-refractivity contribution is 0.0884. The molecular formula is C20H26N4O3. The van der Waals surface area contributed by atoms with Gasteiger partial charge in [0.25, 0.3) is 5.91 Å². The van der Waals surface area contributed by atoms with E-state index in [2.05, 4.69) is 15.3 Å². The Morgan fingerprint density at radius 1 is 1.15 bits per heavy atom. The van der Waals surface area contributed by atoms with Crippen LogP contribution in [0.1, 0.15) is 41.9 Å². The van der Waals surface area contributed by atoms with Crippen LogP contribution in [0.3, 0.4) is 0 Å². The van der Waals surface area contributed by atoms with Crippen LogP contribution in [-0.4, -0.2) is 41.2 Å². The minimum atomic E-state index is -0.213. The monoisotopic (exact) mass is 370 g/mol. The molecule has 7 nitrogen and oxygen atoms in total. The number of aryl methyl sites for hydroxylation is 1. The second-order valence-electron chi connectivity index (χ2n) is 6.64. The van der Waals surface area contributed by atoms with Gasteiger partial charge in [-0.1, -0.05) is 0 Å². The maximum absolute atomic E-state index is 12.6. The molecule has 0 bridgehead atoms. The van der Waals surface area contributed by atoms with Gasteiger partial charge in [-0.05, 0) is 56.9 Å². The number of hydrogen-bond acceptors (Lipinski definition) is 6. The van der Waals surface area contributed by atoms with Crippen molar-refractivity contribution in [2.45, 2.75) is 44.8 Å². The molecule has 2 aromatic rings. The molecule has 3 rings (SSSR count). The topological polar surface area (TPSA) is 99.4 Å².